The van der Waals surface area contributed by atoms with E-state index in [2.05, 4.69) is 0 Å². The van der Waals surface area contributed by atoms with Gasteiger partial charge in [0.25, 0.3) is 5.91 Å². The van der Waals surface area contributed by atoms with Crippen LogP contribution in [0.5, 0.6) is 0 Å². The highest BCUT2D eigenvalue weighted by atomic mass is 32.2. The van der Waals surface area contributed by atoms with Crippen LogP contribution in [0.2, 0.25) is 0 Å². The minimum absolute atomic E-state index is 0.125. The van der Waals surface area contributed by atoms with Crippen LogP contribution in [0.15, 0.2) is 92.1 Å². The lowest BCUT2D eigenvalue weighted by Gasteiger charge is -2.13. The van der Waals surface area contributed by atoms with Gasteiger partial charge < -0.3 is 4.42 Å². The molecular weight excluding hydrogens is 382 g/mol. The molecule has 0 bridgehead atoms. The summed E-state index contributed by atoms with van der Waals surface area (Å²) in [5.41, 5.74) is 0.776. The predicted molar refractivity (Wildman–Crippen MR) is 111 cm³/mol. The van der Waals surface area contributed by atoms with Crippen LogP contribution in [0.25, 0.3) is 6.08 Å². The van der Waals surface area contributed by atoms with Crippen LogP contribution >= 0.6 is 35.7 Å². The van der Waals surface area contributed by atoms with Gasteiger partial charge in [0.2, 0.25) is 0 Å². The van der Waals surface area contributed by atoms with Crippen LogP contribution in [0.4, 0.5) is 5.69 Å². The second-order valence-corrected chi connectivity index (χ2v) is 8.18. The molecule has 1 aromatic heterocycles. The third-order valence-electron chi connectivity index (χ3n) is 3.65. The van der Waals surface area contributed by atoms with Gasteiger partial charge in [0.15, 0.2) is 9.41 Å². The SMILES string of the molecule is O=C1/C(=C\c2ccc(Sc3ccccc3)o2)SC(=S)N1c1ccccc1. The molecule has 1 aliphatic heterocycles. The molecule has 26 heavy (non-hydrogen) atoms. The van der Waals surface area contributed by atoms with E-state index in [4.69, 9.17) is 16.6 Å². The molecule has 2 heterocycles. The van der Waals surface area contributed by atoms with Crippen molar-refractivity contribution in [2.75, 3.05) is 4.90 Å². The van der Waals surface area contributed by atoms with Crippen LogP contribution in [0.1, 0.15) is 5.76 Å². The lowest BCUT2D eigenvalue weighted by atomic mass is 10.3. The molecule has 1 aliphatic rings. The van der Waals surface area contributed by atoms with Crippen molar-refractivity contribution in [1.82, 2.24) is 0 Å². The van der Waals surface area contributed by atoms with Gasteiger partial charge in [-0.25, -0.2) is 0 Å². The third kappa shape index (κ3) is 3.62. The van der Waals surface area contributed by atoms with Crippen LogP contribution in [0.3, 0.4) is 0 Å². The molecule has 4 rings (SSSR count). The Morgan fingerprint density at radius 1 is 0.962 bits per heavy atom. The van der Waals surface area contributed by atoms with Crippen LogP contribution in [0, 0.1) is 0 Å². The van der Waals surface area contributed by atoms with Gasteiger partial charge in [0.05, 0.1) is 10.6 Å². The van der Waals surface area contributed by atoms with Gasteiger partial charge in [-0.05, 0) is 36.4 Å². The number of carbonyl (C=O) groups excluding carboxylic acids is 1. The Kier molecular flexibility index (Phi) is 4.97. The van der Waals surface area contributed by atoms with Gasteiger partial charge in [-0.2, -0.15) is 0 Å². The van der Waals surface area contributed by atoms with Crippen molar-refractivity contribution in [2.24, 2.45) is 0 Å². The maximum atomic E-state index is 12.7. The topological polar surface area (TPSA) is 33.5 Å². The number of hydrogen-bond acceptors (Lipinski definition) is 5. The molecule has 2 aromatic carbocycles. The number of amides is 1. The highest BCUT2D eigenvalue weighted by Crippen LogP contribution is 2.37. The number of thiocarbonyl (C=S) groups is 1. The maximum Gasteiger partial charge on any atom is 0.270 e. The Balaban J connectivity index is 1.54. The number of anilines is 1. The summed E-state index contributed by atoms with van der Waals surface area (Å²) in [5.74, 6) is 0.511. The minimum atomic E-state index is -0.125. The van der Waals surface area contributed by atoms with E-state index >= 15 is 0 Å². The molecule has 1 saturated heterocycles. The van der Waals surface area contributed by atoms with E-state index in [1.807, 2.05) is 72.8 Å². The molecule has 0 radical (unpaired) electrons. The Hall–Kier alpha value is -2.28. The summed E-state index contributed by atoms with van der Waals surface area (Å²) in [5, 5.41) is 0.779. The second kappa shape index (κ2) is 7.53. The first-order valence-electron chi connectivity index (χ1n) is 7.86. The molecule has 1 fully saturated rings. The molecule has 3 nitrogen and oxygen atoms in total. The van der Waals surface area contributed by atoms with Gasteiger partial charge in [0, 0.05) is 11.0 Å². The number of thioether (sulfide) groups is 1. The van der Waals surface area contributed by atoms with Crippen LogP contribution < -0.4 is 4.90 Å². The van der Waals surface area contributed by atoms with Crippen molar-refractivity contribution in [3.05, 3.63) is 83.5 Å². The van der Waals surface area contributed by atoms with E-state index in [0.717, 1.165) is 15.7 Å². The molecular formula is C20H13NO2S3. The van der Waals surface area contributed by atoms with Crippen molar-refractivity contribution in [2.45, 2.75) is 9.99 Å². The highest BCUT2D eigenvalue weighted by molar-refractivity contribution is 8.27. The van der Waals surface area contributed by atoms with Gasteiger partial charge in [-0.1, -0.05) is 72.1 Å². The molecule has 0 spiro atoms. The van der Waals surface area contributed by atoms with Gasteiger partial charge in [0.1, 0.15) is 5.76 Å². The number of rotatable bonds is 4. The zero-order valence-corrected chi connectivity index (χ0v) is 15.9. The average Bonchev–Trinajstić information content (AvgIpc) is 3.21. The van der Waals surface area contributed by atoms with E-state index in [1.165, 1.54) is 11.8 Å². The first-order valence-corrected chi connectivity index (χ1v) is 9.90. The zero-order chi connectivity index (χ0) is 17.9. The monoisotopic (exact) mass is 395 g/mol. The summed E-state index contributed by atoms with van der Waals surface area (Å²) in [4.78, 5) is 15.9. The Bertz CT molecular complexity index is 981. The fraction of sp³-hybridized carbons (Fsp3) is 0. The highest BCUT2D eigenvalue weighted by Gasteiger charge is 2.33. The zero-order valence-electron chi connectivity index (χ0n) is 13.5. The second-order valence-electron chi connectivity index (χ2n) is 5.42. The van der Waals surface area contributed by atoms with Crippen molar-refractivity contribution in [3.8, 4) is 0 Å². The summed E-state index contributed by atoms with van der Waals surface area (Å²) in [6.07, 6.45) is 1.75. The number of hydrogen-bond donors (Lipinski definition) is 0. The number of nitrogens with zero attached hydrogens (tertiary/aromatic N) is 1. The maximum absolute atomic E-state index is 12.7. The van der Waals surface area contributed by atoms with Crippen molar-refractivity contribution in [1.29, 1.82) is 0 Å². The van der Waals surface area contributed by atoms with E-state index in [-0.39, 0.29) is 5.91 Å². The summed E-state index contributed by atoms with van der Waals surface area (Å²) >= 11 is 8.21. The van der Waals surface area contributed by atoms with Crippen LogP contribution in [-0.4, -0.2) is 10.2 Å². The van der Waals surface area contributed by atoms with Crippen molar-refractivity contribution < 1.29 is 9.21 Å². The number of benzene rings is 2. The normalized spacial score (nSPS) is 15.8. The fourth-order valence-electron chi connectivity index (χ4n) is 2.47. The molecule has 3 aromatic rings. The summed E-state index contributed by atoms with van der Waals surface area (Å²) in [7, 11) is 0. The number of furan rings is 1. The fourth-order valence-corrected chi connectivity index (χ4v) is 4.55. The molecule has 6 heteroatoms. The summed E-state index contributed by atoms with van der Waals surface area (Å²) in [6.45, 7) is 0. The van der Waals surface area contributed by atoms with Crippen molar-refractivity contribution >= 4 is 57.7 Å². The first-order chi connectivity index (χ1) is 12.7. The number of carbonyl (C=O) groups is 1. The predicted octanol–water partition coefficient (Wildman–Crippen LogP) is 5.84. The van der Waals surface area contributed by atoms with Crippen LogP contribution in [-0.2, 0) is 4.79 Å². The van der Waals surface area contributed by atoms with Gasteiger partial charge >= 0.3 is 0 Å². The molecule has 1 amide bonds. The van der Waals surface area contributed by atoms with E-state index < -0.39 is 0 Å². The molecule has 0 aliphatic carbocycles. The Morgan fingerprint density at radius 2 is 1.65 bits per heavy atom. The van der Waals surface area contributed by atoms with Gasteiger partial charge in [-0.3, -0.25) is 9.69 Å². The minimum Gasteiger partial charge on any atom is -0.450 e. The first kappa shape index (κ1) is 17.1. The number of para-hydroxylation sites is 1. The standard InChI is InChI=1S/C20H13NO2S3/c22-19-17(26-20(24)21(19)14-7-3-1-4-8-14)13-15-11-12-18(23-15)25-16-9-5-2-6-10-16/h1-13H/b17-13+. The molecule has 0 unspecified atom stereocenters. The Morgan fingerprint density at radius 3 is 2.38 bits per heavy atom. The lowest BCUT2D eigenvalue weighted by Crippen LogP contribution is -2.27. The van der Waals surface area contributed by atoms with E-state index in [1.54, 1.807) is 22.7 Å². The van der Waals surface area contributed by atoms with Crippen molar-refractivity contribution in [3.63, 3.8) is 0 Å². The molecule has 0 atom stereocenters. The summed E-state index contributed by atoms with van der Waals surface area (Å²) in [6, 6.07) is 23.2. The smallest absolute Gasteiger partial charge is 0.270 e. The molecule has 128 valence electrons. The largest absolute Gasteiger partial charge is 0.450 e. The molecule has 0 saturated carbocycles. The Labute approximate surface area is 165 Å². The lowest BCUT2D eigenvalue weighted by molar-refractivity contribution is -0.113. The molecule has 0 N–H and O–H groups in total. The third-order valence-corrected chi connectivity index (χ3v) is 5.88. The summed E-state index contributed by atoms with van der Waals surface area (Å²) < 4.78 is 6.36. The van der Waals surface area contributed by atoms with E-state index in [0.29, 0.717) is 15.0 Å². The quantitative estimate of drug-likeness (QED) is 0.410. The average molecular weight is 396 g/mol. The van der Waals surface area contributed by atoms with Gasteiger partial charge in [-0.15, -0.1) is 0 Å². The van der Waals surface area contributed by atoms with E-state index in [9.17, 15) is 4.79 Å².